The fourth-order valence-corrected chi connectivity index (χ4v) is 3.11. The zero-order valence-electron chi connectivity index (χ0n) is 14.8. The number of carboxylic acid groups (broad SMARTS) is 1. The van der Waals surface area contributed by atoms with Crippen molar-refractivity contribution in [1.82, 2.24) is 0 Å². The van der Waals surface area contributed by atoms with Gasteiger partial charge in [-0.05, 0) is 61.1 Å². The van der Waals surface area contributed by atoms with Crippen LogP contribution in [0.4, 0.5) is 5.69 Å². The molecule has 2 unspecified atom stereocenters. The molecule has 5 heteroatoms. The van der Waals surface area contributed by atoms with E-state index < -0.39 is 5.97 Å². The lowest BCUT2D eigenvalue weighted by Gasteiger charge is -2.08. The number of aryl methyl sites for hydroxylation is 1. The van der Waals surface area contributed by atoms with Crippen molar-refractivity contribution in [2.24, 2.45) is 5.92 Å². The molecule has 1 saturated carbocycles. The van der Waals surface area contributed by atoms with Crippen LogP contribution < -0.4 is 10.1 Å². The molecular formula is C21H23NO4. The molecule has 2 aromatic rings. The van der Waals surface area contributed by atoms with Gasteiger partial charge in [-0.3, -0.25) is 9.59 Å². The molecule has 0 spiro atoms. The van der Waals surface area contributed by atoms with E-state index in [-0.39, 0.29) is 18.2 Å². The number of benzene rings is 2. The predicted octanol–water partition coefficient (Wildman–Crippen LogP) is 3.98. The molecule has 3 rings (SSSR count). The van der Waals surface area contributed by atoms with E-state index in [0.717, 1.165) is 12.1 Å². The van der Waals surface area contributed by atoms with Gasteiger partial charge in [-0.25, -0.2) is 0 Å². The summed E-state index contributed by atoms with van der Waals surface area (Å²) >= 11 is 0. The van der Waals surface area contributed by atoms with Crippen molar-refractivity contribution in [1.29, 1.82) is 0 Å². The maximum atomic E-state index is 12.4. The fraction of sp³-hybridized carbons (Fsp3) is 0.333. The number of anilines is 1. The Morgan fingerprint density at radius 2 is 1.88 bits per heavy atom. The lowest BCUT2D eigenvalue weighted by Crippen LogP contribution is -2.14. The van der Waals surface area contributed by atoms with Crippen molar-refractivity contribution in [2.45, 2.75) is 32.1 Å². The normalized spacial score (nSPS) is 18.2. The maximum absolute atomic E-state index is 12.4. The molecule has 0 saturated heterocycles. The van der Waals surface area contributed by atoms with Gasteiger partial charge in [-0.1, -0.05) is 24.3 Å². The van der Waals surface area contributed by atoms with Gasteiger partial charge in [-0.15, -0.1) is 0 Å². The highest BCUT2D eigenvalue weighted by Crippen LogP contribution is 2.48. The van der Waals surface area contributed by atoms with E-state index in [4.69, 9.17) is 9.84 Å². The SMILES string of the molecule is Cc1ccccc1C1CC1C(=O)Nc1ccc(OCCCC(=O)O)cc1. The van der Waals surface area contributed by atoms with Crippen LogP contribution in [0.1, 0.15) is 36.3 Å². The number of aliphatic carboxylic acids is 1. The first-order chi connectivity index (χ1) is 12.5. The summed E-state index contributed by atoms with van der Waals surface area (Å²) in [4.78, 5) is 22.9. The van der Waals surface area contributed by atoms with Crippen molar-refractivity contribution < 1.29 is 19.4 Å². The Kier molecular flexibility index (Phi) is 5.56. The number of hydrogen-bond donors (Lipinski definition) is 2. The number of carbonyl (C=O) groups is 2. The Morgan fingerprint density at radius 1 is 1.15 bits per heavy atom. The van der Waals surface area contributed by atoms with Crippen LogP contribution in [0.5, 0.6) is 5.75 Å². The molecule has 5 nitrogen and oxygen atoms in total. The molecule has 0 bridgehead atoms. The summed E-state index contributed by atoms with van der Waals surface area (Å²) in [6, 6.07) is 15.4. The molecule has 1 aliphatic carbocycles. The zero-order chi connectivity index (χ0) is 18.5. The van der Waals surface area contributed by atoms with Crippen LogP contribution in [0.15, 0.2) is 48.5 Å². The minimum absolute atomic E-state index is 0.0306. The van der Waals surface area contributed by atoms with Crippen molar-refractivity contribution in [2.75, 3.05) is 11.9 Å². The lowest BCUT2D eigenvalue weighted by molar-refractivity contribution is -0.137. The molecule has 1 fully saturated rings. The summed E-state index contributed by atoms with van der Waals surface area (Å²) < 4.78 is 5.49. The number of rotatable bonds is 8. The summed E-state index contributed by atoms with van der Waals surface area (Å²) in [5.41, 5.74) is 3.23. The minimum Gasteiger partial charge on any atom is -0.494 e. The molecule has 0 radical (unpaired) electrons. The van der Waals surface area contributed by atoms with Gasteiger partial charge >= 0.3 is 5.97 Å². The van der Waals surface area contributed by atoms with Gasteiger partial charge in [-0.2, -0.15) is 0 Å². The molecule has 2 N–H and O–H groups in total. The standard InChI is InChI=1S/C21H23NO4/c1-14-5-2-3-6-17(14)18-13-19(18)21(25)22-15-8-10-16(11-9-15)26-12-4-7-20(23)24/h2-3,5-6,8-11,18-19H,4,7,12-13H2,1H3,(H,22,25)(H,23,24). The van der Waals surface area contributed by atoms with E-state index in [1.165, 1.54) is 11.1 Å². The summed E-state index contributed by atoms with van der Waals surface area (Å²) in [6.07, 6.45) is 1.45. The summed E-state index contributed by atoms with van der Waals surface area (Å²) in [5, 5.41) is 11.6. The average molecular weight is 353 g/mol. The highest BCUT2D eigenvalue weighted by atomic mass is 16.5. The van der Waals surface area contributed by atoms with Crippen LogP contribution in [0.2, 0.25) is 0 Å². The van der Waals surface area contributed by atoms with Crippen LogP contribution >= 0.6 is 0 Å². The molecule has 0 aliphatic heterocycles. The Hall–Kier alpha value is -2.82. The second kappa shape index (κ2) is 8.04. The lowest BCUT2D eigenvalue weighted by atomic mass is 10.0. The van der Waals surface area contributed by atoms with E-state index in [0.29, 0.717) is 24.7 Å². The molecule has 1 aliphatic rings. The van der Waals surface area contributed by atoms with Crippen LogP contribution in [0.3, 0.4) is 0 Å². The number of amides is 1. The van der Waals surface area contributed by atoms with Crippen molar-refractivity contribution in [3.05, 3.63) is 59.7 Å². The second-order valence-electron chi connectivity index (χ2n) is 6.66. The highest BCUT2D eigenvalue weighted by Gasteiger charge is 2.44. The Labute approximate surface area is 153 Å². The first-order valence-corrected chi connectivity index (χ1v) is 8.85. The largest absolute Gasteiger partial charge is 0.494 e. The van der Waals surface area contributed by atoms with Gasteiger partial charge in [0.05, 0.1) is 6.61 Å². The maximum Gasteiger partial charge on any atom is 0.303 e. The molecule has 2 aromatic carbocycles. The first kappa shape index (κ1) is 18.0. The highest BCUT2D eigenvalue weighted by molar-refractivity contribution is 5.95. The van der Waals surface area contributed by atoms with E-state index in [1.54, 1.807) is 24.3 Å². The summed E-state index contributed by atoms with van der Waals surface area (Å²) in [7, 11) is 0. The van der Waals surface area contributed by atoms with Gasteiger partial charge < -0.3 is 15.2 Å². The van der Waals surface area contributed by atoms with E-state index in [9.17, 15) is 9.59 Å². The second-order valence-corrected chi connectivity index (χ2v) is 6.66. The molecule has 1 amide bonds. The Balaban J connectivity index is 1.48. The van der Waals surface area contributed by atoms with Crippen LogP contribution in [-0.2, 0) is 9.59 Å². The number of hydrogen-bond acceptors (Lipinski definition) is 3. The monoisotopic (exact) mass is 353 g/mol. The van der Waals surface area contributed by atoms with E-state index in [1.807, 2.05) is 12.1 Å². The molecule has 0 aromatic heterocycles. The molecular weight excluding hydrogens is 330 g/mol. The average Bonchev–Trinajstić information content (AvgIpc) is 3.41. The van der Waals surface area contributed by atoms with Crippen LogP contribution in [0.25, 0.3) is 0 Å². The van der Waals surface area contributed by atoms with Gasteiger partial charge in [0.2, 0.25) is 5.91 Å². The minimum atomic E-state index is -0.823. The summed E-state index contributed by atoms with van der Waals surface area (Å²) in [5.74, 6) is 0.234. The van der Waals surface area contributed by atoms with E-state index >= 15 is 0 Å². The van der Waals surface area contributed by atoms with Crippen LogP contribution in [-0.4, -0.2) is 23.6 Å². The molecule has 2 atom stereocenters. The zero-order valence-corrected chi connectivity index (χ0v) is 14.8. The topological polar surface area (TPSA) is 75.6 Å². The van der Waals surface area contributed by atoms with Gasteiger partial charge in [0.15, 0.2) is 0 Å². The number of carboxylic acids is 1. The third-order valence-electron chi connectivity index (χ3n) is 4.64. The smallest absolute Gasteiger partial charge is 0.303 e. The third kappa shape index (κ3) is 4.63. The van der Waals surface area contributed by atoms with Gasteiger partial charge in [0.1, 0.15) is 5.75 Å². The molecule has 136 valence electrons. The van der Waals surface area contributed by atoms with Gasteiger partial charge in [0, 0.05) is 18.0 Å². The summed E-state index contributed by atoms with van der Waals surface area (Å²) in [6.45, 7) is 2.44. The van der Waals surface area contributed by atoms with Crippen molar-refractivity contribution in [3.63, 3.8) is 0 Å². The molecule has 0 heterocycles. The first-order valence-electron chi connectivity index (χ1n) is 8.85. The van der Waals surface area contributed by atoms with Crippen LogP contribution in [0, 0.1) is 12.8 Å². The third-order valence-corrected chi connectivity index (χ3v) is 4.64. The fourth-order valence-electron chi connectivity index (χ4n) is 3.11. The Bertz CT molecular complexity index is 785. The molecule has 26 heavy (non-hydrogen) atoms. The van der Waals surface area contributed by atoms with Gasteiger partial charge in [0.25, 0.3) is 0 Å². The number of carbonyl (C=O) groups excluding carboxylic acids is 1. The number of ether oxygens (including phenoxy) is 1. The van der Waals surface area contributed by atoms with E-state index in [2.05, 4.69) is 24.4 Å². The predicted molar refractivity (Wildman–Crippen MR) is 99.5 cm³/mol. The van der Waals surface area contributed by atoms with Crippen molar-refractivity contribution in [3.8, 4) is 5.75 Å². The Morgan fingerprint density at radius 3 is 2.58 bits per heavy atom. The van der Waals surface area contributed by atoms with Crippen molar-refractivity contribution >= 4 is 17.6 Å². The number of nitrogens with one attached hydrogen (secondary N) is 1. The quantitative estimate of drug-likeness (QED) is 0.704.